The highest BCUT2D eigenvalue weighted by atomic mass is 16.5. The van der Waals surface area contributed by atoms with Crippen molar-refractivity contribution in [2.45, 2.75) is 25.6 Å². The maximum atomic E-state index is 6.05. The molecule has 2 aromatic rings. The molecule has 0 bridgehead atoms. The highest BCUT2D eigenvalue weighted by Gasteiger charge is 2.34. The molecule has 1 atom stereocenters. The second-order valence-corrected chi connectivity index (χ2v) is 6.25. The average Bonchev–Trinajstić information content (AvgIpc) is 2.80. The zero-order valence-corrected chi connectivity index (χ0v) is 13.4. The smallest absolute Gasteiger partial charge is 0.229 e. The molecule has 120 valence electrons. The number of morpholine rings is 1. The Morgan fingerprint density at radius 2 is 2.23 bits per heavy atom. The number of fused-ring (bicyclic) bond motifs is 1. The molecule has 0 radical (unpaired) electrons. The summed E-state index contributed by atoms with van der Waals surface area (Å²) >= 11 is 0. The summed E-state index contributed by atoms with van der Waals surface area (Å²) < 4.78 is 13.0. The van der Waals surface area contributed by atoms with Crippen LogP contribution in [0.2, 0.25) is 0 Å². The lowest BCUT2D eigenvalue weighted by Crippen LogP contribution is -2.54. The lowest BCUT2D eigenvalue weighted by molar-refractivity contribution is -0.106. The molecule has 0 spiro atoms. The predicted octanol–water partition coefficient (Wildman–Crippen LogP) is 0.576. The number of hydrogen-bond acceptors (Lipinski definition) is 7. The highest BCUT2D eigenvalue weighted by molar-refractivity contribution is 5.86. The quantitative estimate of drug-likeness (QED) is 0.886. The summed E-state index contributed by atoms with van der Waals surface area (Å²) in [5.74, 6) is 1.05. The molecular formula is C14H22N6O2. The van der Waals surface area contributed by atoms with Crippen LogP contribution >= 0.6 is 0 Å². The van der Waals surface area contributed by atoms with Crippen molar-refractivity contribution in [3.8, 4) is 0 Å². The van der Waals surface area contributed by atoms with Gasteiger partial charge in [0.1, 0.15) is 5.82 Å². The summed E-state index contributed by atoms with van der Waals surface area (Å²) in [5.41, 5.74) is 6.48. The molecule has 1 fully saturated rings. The zero-order chi connectivity index (χ0) is 15.9. The van der Waals surface area contributed by atoms with Crippen molar-refractivity contribution in [1.29, 1.82) is 0 Å². The van der Waals surface area contributed by atoms with Crippen molar-refractivity contribution in [3.05, 3.63) is 6.20 Å². The molecule has 8 heteroatoms. The van der Waals surface area contributed by atoms with Gasteiger partial charge in [-0.2, -0.15) is 15.1 Å². The van der Waals surface area contributed by atoms with Gasteiger partial charge in [-0.1, -0.05) is 0 Å². The van der Waals surface area contributed by atoms with E-state index in [9.17, 15) is 0 Å². The van der Waals surface area contributed by atoms with Crippen LogP contribution in [-0.4, -0.2) is 58.3 Å². The van der Waals surface area contributed by atoms with Crippen LogP contribution in [0.3, 0.4) is 0 Å². The van der Waals surface area contributed by atoms with Crippen LogP contribution in [0.15, 0.2) is 6.20 Å². The Bertz CT molecular complexity index is 683. The minimum absolute atomic E-state index is 0.0270. The molecule has 1 saturated heterocycles. The summed E-state index contributed by atoms with van der Waals surface area (Å²) in [4.78, 5) is 11.2. The van der Waals surface area contributed by atoms with E-state index in [0.717, 1.165) is 11.0 Å². The van der Waals surface area contributed by atoms with Gasteiger partial charge in [-0.25, -0.2) is 0 Å². The van der Waals surface area contributed by atoms with Crippen LogP contribution in [0, 0.1) is 0 Å². The maximum Gasteiger partial charge on any atom is 0.229 e. The first-order chi connectivity index (χ1) is 10.4. The number of ether oxygens (including phenoxy) is 2. The van der Waals surface area contributed by atoms with E-state index >= 15 is 0 Å². The third-order valence-electron chi connectivity index (χ3n) is 3.73. The molecule has 0 aliphatic carbocycles. The Labute approximate surface area is 129 Å². The van der Waals surface area contributed by atoms with Crippen LogP contribution in [0.5, 0.6) is 0 Å². The molecule has 0 aromatic carbocycles. The van der Waals surface area contributed by atoms with Crippen molar-refractivity contribution in [1.82, 2.24) is 19.7 Å². The van der Waals surface area contributed by atoms with Gasteiger partial charge in [-0.15, -0.1) is 0 Å². The Balaban J connectivity index is 1.96. The first-order valence-electron chi connectivity index (χ1n) is 7.26. The zero-order valence-electron chi connectivity index (χ0n) is 13.4. The van der Waals surface area contributed by atoms with Crippen LogP contribution in [0.1, 0.15) is 13.8 Å². The van der Waals surface area contributed by atoms with E-state index < -0.39 is 0 Å². The van der Waals surface area contributed by atoms with E-state index in [-0.39, 0.29) is 11.7 Å². The molecule has 22 heavy (non-hydrogen) atoms. The number of rotatable bonds is 3. The van der Waals surface area contributed by atoms with Crippen molar-refractivity contribution < 1.29 is 9.47 Å². The fourth-order valence-corrected chi connectivity index (χ4v) is 2.89. The van der Waals surface area contributed by atoms with E-state index in [4.69, 9.17) is 15.2 Å². The summed E-state index contributed by atoms with van der Waals surface area (Å²) in [6.07, 6.45) is 1.66. The Morgan fingerprint density at radius 3 is 2.95 bits per heavy atom. The monoisotopic (exact) mass is 306 g/mol. The van der Waals surface area contributed by atoms with Gasteiger partial charge in [0, 0.05) is 27.2 Å². The van der Waals surface area contributed by atoms with E-state index in [1.165, 1.54) is 0 Å². The topological polar surface area (TPSA) is 91.3 Å². The third-order valence-corrected chi connectivity index (χ3v) is 3.73. The average molecular weight is 306 g/mol. The summed E-state index contributed by atoms with van der Waals surface area (Å²) in [5, 5.41) is 4.96. The molecular weight excluding hydrogens is 284 g/mol. The number of nitrogen functional groups attached to an aromatic ring is 1. The predicted molar refractivity (Wildman–Crippen MR) is 83.8 cm³/mol. The number of methoxy groups -OCH3 is 1. The van der Waals surface area contributed by atoms with Crippen molar-refractivity contribution in [3.63, 3.8) is 0 Å². The molecule has 1 aliphatic heterocycles. The van der Waals surface area contributed by atoms with Gasteiger partial charge in [0.25, 0.3) is 0 Å². The Kier molecular flexibility index (Phi) is 3.65. The maximum absolute atomic E-state index is 6.05. The van der Waals surface area contributed by atoms with Crippen LogP contribution in [-0.2, 0) is 16.5 Å². The molecule has 1 unspecified atom stereocenters. The van der Waals surface area contributed by atoms with Gasteiger partial charge >= 0.3 is 0 Å². The molecule has 0 amide bonds. The van der Waals surface area contributed by atoms with Gasteiger partial charge in [-0.05, 0) is 13.8 Å². The highest BCUT2D eigenvalue weighted by Crippen LogP contribution is 2.26. The molecule has 3 heterocycles. The molecule has 8 nitrogen and oxygen atoms in total. The van der Waals surface area contributed by atoms with E-state index in [1.807, 2.05) is 20.9 Å². The largest absolute Gasteiger partial charge is 0.383 e. The number of aromatic nitrogens is 4. The summed E-state index contributed by atoms with van der Waals surface area (Å²) in [6, 6.07) is 0. The normalized spacial score (nSPS) is 21.5. The van der Waals surface area contributed by atoms with Crippen molar-refractivity contribution in [2.75, 3.05) is 37.4 Å². The Morgan fingerprint density at radius 1 is 1.45 bits per heavy atom. The van der Waals surface area contributed by atoms with Gasteiger partial charge in [0.2, 0.25) is 5.95 Å². The van der Waals surface area contributed by atoms with Gasteiger partial charge in [-0.3, -0.25) is 4.68 Å². The third kappa shape index (κ3) is 2.71. The van der Waals surface area contributed by atoms with Gasteiger partial charge < -0.3 is 20.1 Å². The lowest BCUT2D eigenvalue weighted by atomic mass is 10.1. The van der Waals surface area contributed by atoms with Gasteiger partial charge in [0.05, 0.1) is 29.9 Å². The Hall–Kier alpha value is -1.93. The van der Waals surface area contributed by atoms with Crippen LogP contribution in [0.4, 0.5) is 11.8 Å². The second-order valence-electron chi connectivity index (χ2n) is 6.25. The number of anilines is 2. The molecule has 1 aliphatic rings. The molecule has 2 N–H and O–H groups in total. The standard InChI is InChI=1S/C14H22N6O2/c1-14(2)8-20(6-9(22-14)7-21-4)13-17-11(15)10-5-16-19(3)12(10)18-13/h5,9H,6-8H2,1-4H3,(H2,15,17,18). The first kappa shape index (κ1) is 15.0. The van der Waals surface area contributed by atoms with E-state index in [0.29, 0.717) is 31.5 Å². The minimum Gasteiger partial charge on any atom is -0.383 e. The molecule has 0 saturated carbocycles. The second kappa shape index (κ2) is 5.36. The SMILES string of the molecule is COCC1CN(c2nc(N)c3cnn(C)c3n2)CC(C)(C)O1. The first-order valence-corrected chi connectivity index (χ1v) is 7.26. The number of nitrogens with two attached hydrogens (primary N) is 1. The lowest BCUT2D eigenvalue weighted by Gasteiger charge is -2.42. The van der Waals surface area contributed by atoms with Crippen molar-refractivity contribution in [2.24, 2.45) is 7.05 Å². The van der Waals surface area contributed by atoms with Crippen LogP contribution < -0.4 is 10.6 Å². The summed E-state index contributed by atoms with van der Waals surface area (Å²) in [6.45, 7) is 5.99. The number of nitrogens with zero attached hydrogens (tertiary/aromatic N) is 5. The molecule has 3 rings (SSSR count). The fourth-order valence-electron chi connectivity index (χ4n) is 2.89. The number of aryl methyl sites for hydroxylation is 1. The van der Waals surface area contributed by atoms with Crippen LogP contribution in [0.25, 0.3) is 11.0 Å². The number of hydrogen-bond donors (Lipinski definition) is 1. The van der Waals surface area contributed by atoms with E-state index in [2.05, 4.69) is 20.0 Å². The molecule has 2 aromatic heterocycles. The summed E-state index contributed by atoms with van der Waals surface area (Å²) in [7, 11) is 3.51. The van der Waals surface area contributed by atoms with E-state index in [1.54, 1.807) is 18.0 Å². The van der Waals surface area contributed by atoms with Crippen molar-refractivity contribution >= 4 is 22.8 Å². The van der Waals surface area contributed by atoms with Gasteiger partial charge in [0.15, 0.2) is 5.65 Å². The minimum atomic E-state index is -0.305. The fraction of sp³-hybridized carbons (Fsp3) is 0.643.